The highest BCUT2D eigenvalue weighted by atomic mass is 32.2. The molecule has 2 aromatic heterocycles. The molecule has 5 rings (SSSR count). The van der Waals surface area contributed by atoms with Crippen molar-refractivity contribution in [3.63, 3.8) is 0 Å². The second-order valence-corrected chi connectivity index (χ2v) is 12.4. The number of alkyl halides is 2. The molecule has 44 heavy (non-hydrogen) atoms. The van der Waals surface area contributed by atoms with Crippen molar-refractivity contribution in [2.45, 2.75) is 55.6 Å². The van der Waals surface area contributed by atoms with Crippen molar-refractivity contribution in [2.24, 2.45) is 7.05 Å². The quantitative estimate of drug-likeness (QED) is 0.228. The monoisotopic (exact) mass is 631 g/mol. The number of hydrogen-bond donors (Lipinski definition) is 0. The molecule has 1 aliphatic carbocycles. The molecule has 1 aliphatic rings. The maximum atomic E-state index is 15.8. The molecule has 0 aliphatic heterocycles. The van der Waals surface area contributed by atoms with E-state index in [0.717, 1.165) is 22.1 Å². The second-order valence-electron chi connectivity index (χ2n) is 10.5. The van der Waals surface area contributed by atoms with Crippen LogP contribution in [0.2, 0.25) is 0 Å². The average molecular weight is 632 g/mol. The van der Waals surface area contributed by atoms with Gasteiger partial charge in [-0.25, -0.2) is 35.9 Å². The summed E-state index contributed by atoms with van der Waals surface area (Å²) < 4.78 is 92.2. The molecule has 4 aromatic rings. The van der Waals surface area contributed by atoms with Gasteiger partial charge in [0, 0.05) is 67.7 Å². The number of anilines is 1. The normalized spacial score (nSPS) is 18.1. The first-order valence-corrected chi connectivity index (χ1v) is 15.2. The lowest BCUT2D eigenvalue weighted by Gasteiger charge is -2.36. The summed E-state index contributed by atoms with van der Waals surface area (Å²) in [6, 6.07) is 10.1. The van der Waals surface area contributed by atoms with E-state index in [9.17, 15) is 17.2 Å². The largest absolute Gasteiger partial charge is 0.497 e. The van der Waals surface area contributed by atoms with E-state index in [4.69, 9.17) is 14.2 Å². The summed E-state index contributed by atoms with van der Waals surface area (Å²) in [4.78, 5) is 7.33. The minimum absolute atomic E-state index is 0.00120. The van der Waals surface area contributed by atoms with Crippen LogP contribution in [-0.2, 0) is 23.6 Å². The van der Waals surface area contributed by atoms with Gasteiger partial charge in [-0.2, -0.15) is 5.10 Å². The molecule has 0 N–H and O–H groups in total. The van der Waals surface area contributed by atoms with E-state index >= 15 is 4.39 Å². The number of halogens is 3. The van der Waals surface area contributed by atoms with Crippen LogP contribution < -0.4 is 18.5 Å². The first kappa shape index (κ1) is 31.1. The summed E-state index contributed by atoms with van der Waals surface area (Å²) in [5, 5.41) is 4.15. The number of rotatable bonds is 10. The van der Waals surface area contributed by atoms with Crippen LogP contribution in [0.5, 0.6) is 17.2 Å². The molecule has 1 saturated carbocycles. The lowest BCUT2D eigenvalue weighted by atomic mass is 9.82. The Labute approximate surface area is 253 Å². The van der Waals surface area contributed by atoms with Gasteiger partial charge in [0.2, 0.25) is 0 Å². The highest BCUT2D eigenvalue weighted by Gasteiger charge is 2.44. The highest BCUT2D eigenvalue weighted by Crippen LogP contribution is 2.43. The van der Waals surface area contributed by atoms with Crippen LogP contribution >= 0.6 is 0 Å². The van der Waals surface area contributed by atoms with E-state index in [1.807, 2.05) is 0 Å². The van der Waals surface area contributed by atoms with Crippen molar-refractivity contribution in [1.82, 2.24) is 19.7 Å². The minimum atomic E-state index is -4.57. The van der Waals surface area contributed by atoms with Gasteiger partial charge in [-0.05, 0) is 43.2 Å². The number of benzene rings is 2. The molecule has 2 heterocycles. The smallest absolute Gasteiger partial charge is 0.268 e. The SMILES string of the molecule is COc1ccc(CN(c2ccncn2)S(=O)(=O)c2cc(C)c(OC3CC(F)(F)CCC3c3ccnn3C)cc2F)c(OC)c1. The first-order valence-electron chi connectivity index (χ1n) is 13.8. The number of methoxy groups -OCH3 is 2. The zero-order valence-electron chi connectivity index (χ0n) is 24.6. The molecular weight excluding hydrogens is 599 g/mol. The van der Waals surface area contributed by atoms with Crippen molar-refractivity contribution in [2.75, 3.05) is 18.5 Å². The zero-order chi connectivity index (χ0) is 31.6. The molecule has 0 amide bonds. The molecule has 2 atom stereocenters. The summed E-state index contributed by atoms with van der Waals surface area (Å²) >= 11 is 0. The van der Waals surface area contributed by atoms with E-state index in [2.05, 4.69) is 15.1 Å². The Balaban J connectivity index is 1.50. The molecule has 234 valence electrons. The van der Waals surface area contributed by atoms with E-state index in [1.165, 1.54) is 39.7 Å². The summed E-state index contributed by atoms with van der Waals surface area (Å²) in [7, 11) is 0.0692. The molecule has 2 aromatic carbocycles. The number of hydrogen-bond acceptors (Lipinski definition) is 8. The van der Waals surface area contributed by atoms with E-state index in [0.29, 0.717) is 17.1 Å². The minimum Gasteiger partial charge on any atom is -0.497 e. The number of aromatic nitrogens is 4. The number of ether oxygens (including phenoxy) is 3. The molecule has 10 nitrogen and oxygen atoms in total. The molecule has 0 saturated heterocycles. The summed E-state index contributed by atoms with van der Waals surface area (Å²) in [6.07, 6.45) is 2.39. The Morgan fingerprint density at radius 1 is 1.07 bits per heavy atom. The third kappa shape index (κ3) is 6.30. The van der Waals surface area contributed by atoms with Gasteiger partial charge in [0.15, 0.2) is 0 Å². The second kappa shape index (κ2) is 12.3. The van der Waals surface area contributed by atoms with Gasteiger partial charge < -0.3 is 14.2 Å². The van der Waals surface area contributed by atoms with Crippen molar-refractivity contribution in [3.05, 3.63) is 83.8 Å². The van der Waals surface area contributed by atoms with E-state index in [1.54, 1.807) is 42.2 Å². The van der Waals surface area contributed by atoms with Crippen LogP contribution in [-0.4, -0.2) is 54.4 Å². The third-order valence-corrected chi connectivity index (χ3v) is 9.48. The summed E-state index contributed by atoms with van der Waals surface area (Å²) in [6.45, 7) is 1.28. The molecular formula is C30H32F3N5O5S. The first-order chi connectivity index (χ1) is 20.9. The fourth-order valence-electron chi connectivity index (χ4n) is 5.40. The van der Waals surface area contributed by atoms with Gasteiger partial charge in [-0.3, -0.25) is 4.68 Å². The Hall–Kier alpha value is -4.33. The highest BCUT2D eigenvalue weighted by molar-refractivity contribution is 7.92. The predicted octanol–water partition coefficient (Wildman–Crippen LogP) is 5.42. The fraction of sp³-hybridized carbons (Fsp3) is 0.367. The molecule has 14 heteroatoms. The number of nitrogens with zero attached hydrogens (tertiary/aromatic N) is 5. The van der Waals surface area contributed by atoms with Gasteiger partial charge in [0.1, 0.15) is 46.2 Å². The third-order valence-electron chi connectivity index (χ3n) is 7.71. The van der Waals surface area contributed by atoms with Crippen molar-refractivity contribution < 1.29 is 35.8 Å². The summed E-state index contributed by atoms with van der Waals surface area (Å²) in [5.41, 5.74) is 1.44. The molecule has 1 fully saturated rings. The molecule has 0 spiro atoms. The molecule has 2 unspecified atom stereocenters. The van der Waals surface area contributed by atoms with Gasteiger partial charge in [0.25, 0.3) is 15.9 Å². The van der Waals surface area contributed by atoms with Crippen molar-refractivity contribution >= 4 is 15.8 Å². The number of aryl methyl sites for hydroxylation is 2. The fourth-order valence-corrected chi connectivity index (χ4v) is 6.93. The zero-order valence-corrected chi connectivity index (χ0v) is 25.4. The van der Waals surface area contributed by atoms with Crippen LogP contribution in [0.25, 0.3) is 0 Å². The van der Waals surface area contributed by atoms with Gasteiger partial charge in [-0.1, -0.05) is 0 Å². The Kier molecular flexibility index (Phi) is 8.73. The van der Waals surface area contributed by atoms with Crippen LogP contribution in [0.15, 0.2) is 66.1 Å². The molecule has 0 radical (unpaired) electrons. The van der Waals surface area contributed by atoms with Crippen LogP contribution in [0.3, 0.4) is 0 Å². The van der Waals surface area contributed by atoms with Crippen LogP contribution in [0, 0.1) is 12.7 Å². The lowest BCUT2D eigenvalue weighted by Crippen LogP contribution is -2.39. The van der Waals surface area contributed by atoms with Crippen molar-refractivity contribution in [3.8, 4) is 17.2 Å². The van der Waals surface area contributed by atoms with Crippen LogP contribution in [0.1, 0.15) is 42.0 Å². The van der Waals surface area contributed by atoms with E-state index < -0.39 is 45.1 Å². The average Bonchev–Trinajstić information content (AvgIpc) is 3.42. The summed E-state index contributed by atoms with van der Waals surface area (Å²) in [5.74, 6) is -3.66. The Morgan fingerprint density at radius 2 is 1.86 bits per heavy atom. The van der Waals surface area contributed by atoms with Gasteiger partial charge in [-0.15, -0.1) is 0 Å². The lowest BCUT2D eigenvalue weighted by molar-refractivity contribution is -0.0782. The maximum Gasteiger partial charge on any atom is 0.268 e. The van der Waals surface area contributed by atoms with Crippen LogP contribution in [0.4, 0.5) is 19.0 Å². The number of sulfonamides is 1. The van der Waals surface area contributed by atoms with Gasteiger partial charge >= 0.3 is 0 Å². The van der Waals surface area contributed by atoms with E-state index in [-0.39, 0.29) is 36.5 Å². The topological polar surface area (TPSA) is 109 Å². The Bertz CT molecular complexity index is 1740. The maximum absolute atomic E-state index is 15.8. The Morgan fingerprint density at radius 3 is 2.52 bits per heavy atom. The predicted molar refractivity (Wildman–Crippen MR) is 155 cm³/mol. The van der Waals surface area contributed by atoms with Crippen molar-refractivity contribution in [1.29, 1.82) is 0 Å². The molecule has 0 bridgehead atoms. The standard InChI is InChI=1S/C30H32F3N5O5S/c1-19-13-28(23(31)15-25(19)43-27-16-30(32,33)10-7-22(27)24-8-12-36-37(24)2)44(39,40)38(29-9-11-34-18-35-29)17-20-5-6-21(41-3)14-26(20)42-4/h5-6,8-9,11-15,18,22,27H,7,10,16-17H2,1-4H3. The van der Waals surface area contributed by atoms with Gasteiger partial charge in [0.05, 0.1) is 20.8 Å².